The summed E-state index contributed by atoms with van der Waals surface area (Å²) in [6.45, 7) is 6.34. The molecule has 0 aliphatic carbocycles. The fraction of sp³-hybridized carbons (Fsp3) is 0.417. The molecule has 4 heteroatoms. The summed E-state index contributed by atoms with van der Waals surface area (Å²) in [4.78, 5) is 4.32. The summed E-state index contributed by atoms with van der Waals surface area (Å²) in [6, 6.07) is 3.65. The number of fused-ring (bicyclic) bond motifs is 1. The summed E-state index contributed by atoms with van der Waals surface area (Å²) < 4.78 is 1.96. The molecule has 86 valence electrons. The molecule has 1 unspecified atom stereocenters. The zero-order valence-corrected chi connectivity index (χ0v) is 10.5. The SMILES string of the molecule is CC(C)(C)C(N)c1cnc2ccc(Cl)cn12. The Bertz CT molecular complexity index is 510. The number of halogens is 1. The minimum Gasteiger partial charge on any atom is -0.322 e. The molecule has 0 fully saturated rings. The van der Waals surface area contributed by atoms with Crippen molar-refractivity contribution in [2.45, 2.75) is 26.8 Å². The second-order valence-electron chi connectivity index (χ2n) is 5.10. The van der Waals surface area contributed by atoms with Gasteiger partial charge in [-0.05, 0) is 17.5 Å². The first kappa shape index (κ1) is 11.4. The van der Waals surface area contributed by atoms with Crippen molar-refractivity contribution in [3.63, 3.8) is 0 Å². The fourth-order valence-electron chi connectivity index (χ4n) is 1.65. The number of imidazole rings is 1. The predicted molar refractivity (Wildman–Crippen MR) is 66.6 cm³/mol. The van der Waals surface area contributed by atoms with E-state index in [1.165, 1.54) is 0 Å². The van der Waals surface area contributed by atoms with Crippen LogP contribution >= 0.6 is 11.6 Å². The molecule has 3 nitrogen and oxygen atoms in total. The summed E-state index contributed by atoms with van der Waals surface area (Å²) >= 11 is 5.98. The fourth-order valence-corrected chi connectivity index (χ4v) is 1.81. The van der Waals surface area contributed by atoms with E-state index in [4.69, 9.17) is 17.3 Å². The van der Waals surface area contributed by atoms with Gasteiger partial charge in [-0.25, -0.2) is 4.98 Å². The lowest BCUT2D eigenvalue weighted by molar-refractivity contribution is 0.320. The maximum atomic E-state index is 6.23. The minimum atomic E-state index is -0.0685. The van der Waals surface area contributed by atoms with Crippen LogP contribution in [0.1, 0.15) is 32.5 Å². The number of rotatable bonds is 1. The van der Waals surface area contributed by atoms with E-state index in [0.29, 0.717) is 5.02 Å². The molecule has 2 N–H and O–H groups in total. The molecule has 0 amide bonds. The van der Waals surface area contributed by atoms with E-state index in [9.17, 15) is 0 Å². The van der Waals surface area contributed by atoms with E-state index >= 15 is 0 Å². The van der Waals surface area contributed by atoms with Crippen LogP contribution in [0.25, 0.3) is 5.65 Å². The van der Waals surface area contributed by atoms with Crippen molar-refractivity contribution in [1.82, 2.24) is 9.38 Å². The van der Waals surface area contributed by atoms with Crippen molar-refractivity contribution in [3.05, 3.63) is 35.2 Å². The van der Waals surface area contributed by atoms with E-state index in [0.717, 1.165) is 11.3 Å². The van der Waals surface area contributed by atoms with Crippen LogP contribution in [0.4, 0.5) is 0 Å². The number of nitrogens with two attached hydrogens (primary N) is 1. The van der Waals surface area contributed by atoms with Crippen molar-refractivity contribution in [2.24, 2.45) is 11.1 Å². The Balaban J connectivity index is 2.57. The summed E-state index contributed by atoms with van der Waals surface area (Å²) in [5.41, 5.74) is 8.09. The van der Waals surface area contributed by atoms with Gasteiger partial charge in [-0.2, -0.15) is 0 Å². The van der Waals surface area contributed by atoms with Crippen LogP contribution in [0.15, 0.2) is 24.5 Å². The standard InChI is InChI=1S/C12H16ClN3/c1-12(2,3)11(14)9-6-15-10-5-4-8(13)7-16(9)10/h4-7,11H,14H2,1-3H3. The van der Waals surface area contributed by atoms with E-state index in [1.54, 1.807) is 0 Å². The monoisotopic (exact) mass is 237 g/mol. The van der Waals surface area contributed by atoms with Crippen LogP contribution in [0.5, 0.6) is 0 Å². The summed E-state index contributed by atoms with van der Waals surface area (Å²) in [5, 5.41) is 0.688. The first-order valence-electron chi connectivity index (χ1n) is 5.27. The first-order chi connectivity index (χ1) is 7.39. The molecular formula is C12H16ClN3. The van der Waals surface area contributed by atoms with E-state index in [-0.39, 0.29) is 11.5 Å². The molecule has 0 radical (unpaired) electrons. The summed E-state index contributed by atoms with van der Waals surface area (Å²) in [7, 11) is 0. The van der Waals surface area contributed by atoms with Crippen LogP contribution in [0.3, 0.4) is 0 Å². The number of nitrogens with zero attached hydrogens (tertiary/aromatic N) is 2. The van der Waals surface area contributed by atoms with Gasteiger partial charge >= 0.3 is 0 Å². The van der Waals surface area contributed by atoms with Crippen molar-refractivity contribution in [3.8, 4) is 0 Å². The van der Waals surface area contributed by atoms with Gasteiger partial charge in [0.25, 0.3) is 0 Å². The van der Waals surface area contributed by atoms with Crippen LogP contribution in [0.2, 0.25) is 5.02 Å². The Morgan fingerprint density at radius 3 is 2.69 bits per heavy atom. The zero-order chi connectivity index (χ0) is 11.9. The Morgan fingerprint density at radius 1 is 1.38 bits per heavy atom. The molecule has 0 aliphatic heterocycles. The van der Waals surface area contributed by atoms with Gasteiger partial charge in [-0.1, -0.05) is 32.4 Å². The highest BCUT2D eigenvalue weighted by Gasteiger charge is 2.25. The molecule has 2 heterocycles. The zero-order valence-electron chi connectivity index (χ0n) is 9.74. The Labute approximate surface area is 100 Å². The van der Waals surface area contributed by atoms with E-state index in [1.807, 2.05) is 28.9 Å². The topological polar surface area (TPSA) is 43.3 Å². The van der Waals surface area contributed by atoms with Crippen LogP contribution in [0, 0.1) is 5.41 Å². The van der Waals surface area contributed by atoms with Gasteiger partial charge in [0.1, 0.15) is 5.65 Å². The molecule has 2 aromatic heterocycles. The number of hydrogen-bond acceptors (Lipinski definition) is 2. The lowest BCUT2D eigenvalue weighted by Gasteiger charge is -2.26. The second-order valence-corrected chi connectivity index (χ2v) is 5.54. The highest BCUT2D eigenvalue weighted by molar-refractivity contribution is 6.30. The van der Waals surface area contributed by atoms with E-state index < -0.39 is 0 Å². The summed E-state index contributed by atoms with van der Waals surface area (Å²) in [6.07, 6.45) is 3.67. The molecule has 1 atom stereocenters. The smallest absolute Gasteiger partial charge is 0.137 e. The molecule has 2 rings (SSSR count). The molecule has 16 heavy (non-hydrogen) atoms. The minimum absolute atomic E-state index is 0.00171. The van der Waals surface area contributed by atoms with Gasteiger partial charge in [0, 0.05) is 6.20 Å². The molecule has 0 aromatic carbocycles. The van der Waals surface area contributed by atoms with Crippen molar-refractivity contribution in [2.75, 3.05) is 0 Å². The Hall–Kier alpha value is -1.06. The highest BCUT2D eigenvalue weighted by Crippen LogP contribution is 2.30. The molecular weight excluding hydrogens is 222 g/mol. The largest absolute Gasteiger partial charge is 0.322 e. The van der Waals surface area contributed by atoms with Crippen LogP contribution in [-0.2, 0) is 0 Å². The highest BCUT2D eigenvalue weighted by atomic mass is 35.5. The van der Waals surface area contributed by atoms with Crippen LogP contribution < -0.4 is 5.73 Å². The normalized spacial score (nSPS) is 14.3. The second kappa shape index (κ2) is 3.75. The average Bonchev–Trinajstić information content (AvgIpc) is 2.57. The predicted octanol–water partition coefficient (Wildman–Crippen LogP) is 3.03. The van der Waals surface area contributed by atoms with E-state index in [2.05, 4.69) is 25.8 Å². The van der Waals surface area contributed by atoms with Gasteiger partial charge < -0.3 is 10.1 Å². The lowest BCUT2D eigenvalue weighted by atomic mass is 9.86. The molecule has 0 aliphatic rings. The van der Waals surface area contributed by atoms with Gasteiger partial charge in [0.05, 0.1) is 23.0 Å². The Morgan fingerprint density at radius 2 is 2.06 bits per heavy atom. The van der Waals surface area contributed by atoms with Gasteiger partial charge in [-0.15, -0.1) is 0 Å². The number of pyridine rings is 1. The van der Waals surface area contributed by atoms with Crippen molar-refractivity contribution < 1.29 is 0 Å². The Kier molecular flexibility index (Phi) is 2.68. The molecule has 0 saturated carbocycles. The van der Waals surface area contributed by atoms with Gasteiger partial charge in [0.2, 0.25) is 0 Å². The van der Waals surface area contributed by atoms with Crippen molar-refractivity contribution >= 4 is 17.2 Å². The van der Waals surface area contributed by atoms with Gasteiger partial charge in [0.15, 0.2) is 0 Å². The van der Waals surface area contributed by atoms with Gasteiger partial charge in [-0.3, -0.25) is 0 Å². The average molecular weight is 238 g/mol. The first-order valence-corrected chi connectivity index (χ1v) is 5.65. The number of hydrogen-bond donors (Lipinski definition) is 1. The molecule has 0 bridgehead atoms. The quantitative estimate of drug-likeness (QED) is 0.829. The van der Waals surface area contributed by atoms with Crippen molar-refractivity contribution in [1.29, 1.82) is 0 Å². The van der Waals surface area contributed by atoms with Crippen LogP contribution in [-0.4, -0.2) is 9.38 Å². The molecule has 0 saturated heterocycles. The molecule has 2 aromatic rings. The molecule has 0 spiro atoms. The third-order valence-electron chi connectivity index (χ3n) is 2.75. The lowest BCUT2D eigenvalue weighted by Crippen LogP contribution is -2.27. The summed E-state index contributed by atoms with van der Waals surface area (Å²) in [5.74, 6) is 0. The maximum Gasteiger partial charge on any atom is 0.137 e. The third-order valence-corrected chi connectivity index (χ3v) is 2.97. The number of aromatic nitrogens is 2. The maximum absolute atomic E-state index is 6.23. The third kappa shape index (κ3) is 1.93.